The van der Waals surface area contributed by atoms with Gasteiger partial charge in [-0.25, -0.2) is 4.98 Å². The second-order valence-corrected chi connectivity index (χ2v) is 4.97. The van der Waals surface area contributed by atoms with Crippen LogP contribution in [0.3, 0.4) is 0 Å². The molecule has 1 saturated heterocycles. The summed E-state index contributed by atoms with van der Waals surface area (Å²) in [4.78, 5) is 6.81. The fourth-order valence-electron chi connectivity index (χ4n) is 2.40. The van der Waals surface area contributed by atoms with Crippen LogP contribution in [0.2, 0.25) is 0 Å². The van der Waals surface area contributed by atoms with E-state index < -0.39 is 0 Å². The zero-order chi connectivity index (χ0) is 12.3. The van der Waals surface area contributed by atoms with Crippen LogP contribution in [0.15, 0.2) is 6.33 Å². The van der Waals surface area contributed by atoms with Crippen LogP contribution in [0.5, 0.6) is 0 Å². The van der Waals surface area contributed by atoms with Crippen molar-refractivity contribution >= 4 is 0 Å². The third-order valence-corrected chi connectivity index (χ3v) is 3.57. The lowest BCUT2D eigenvalue weighted by molar-refractivity contribution is 0.125. The van der Waals surface area contributed by atoms with Crippen molar-refractivity contribution in [1.29, 1.82) is 0 Å². The van der Waals surface area contributed by atoms with Crippen molar-refractivity contribution in [3.8, 4) is 0 Å². The second-order valence-electron chi connectivity index (χ2n) is 4.97. The molecule has 96 valence electrons. The van der Waals surface area contributed by atoms with Gasteiger partial charge in [-0.3, -0.25) is 9.58 Å². The molecule has 1 fully saturated rings. The van der Waals surface area contributed by atoms with Gasteiger partial charge in [0.25, 0.3) is 0 Å². The molecule has 0 aliphatic carbocycles. The van der Waals surface area contributed by atoms with Crippen LogP contribution in [0.1, 0.15) is 32.5 Å². The van der Waals surface area contributed by atoms with Crippen molar-refractivity contribution in [3.63, 3.8) is 0 Å². The van der Waals surface area contributed by atoms with E-state index in [2.05, 4.69) is 34.1 Å². The summed E-state index contributed by atoms with van der Waals surface area (Å²) in [5.41, 5.74) is 0. The maximum absolute atomic E-state index is 4.31. The first-order chi connectivity index (χ1) is 8.20. The van der Waals surface area contributed by atoms with Crippen molar-refractivity contribution < 1.29 is 0 Å². The summed E-state index contributed by atoms with van der Waals surface area (Å²) in [7, 11) is 1.96. The topological polar surface area (TPSA) is 46.0 Å². The van der Waals surface area contributed by atoms with Crippen LogP contribution in [-0.4, -0.2) is 44.8 Å². The predicted octanol–water partition coefficient (Wildman–Crippen LogP) is 0.777. The lowest BCUT2D eigenvalue weighted by atomic mass is 10.1. The highest BCUT2D eigenvalue weighted by molar-refractivity contribution is 4.89. The highest BCUT2D eigenvalue weighted by Crippen LogP contribution is 2.13. The Morgan fingerprint density at radius 3 is 3.00 bits per heavy atom. The summed E-state index contributed by atoms with van der Waals surface area (Å²) >= 11 is 0. The number of rotatable bonds is 4. The van der Waals surface area contributed by atoms with E-state index in [0.717, 1.165) is 25.5 Å². The Morgan fingerprint density at radius 2 is 2.35 bits per heavy atom. The van der Waals surface area contributed by atoms with Crippen molar-refractivity contribution in [1.82, 2.24) is 25.0 Å². The van der Waals surface area contributed by atoms with Gasteiger partial charge in [0.15, 0.2) is 0 Å². The van der Waals surface area contributed by atoms with E-state index in [-0.39, 0.29) is 0 Å². The Morgan fingerprint density at radius 1 is 1.53 bits per heavy atom. The van der Waals surface area contributed by atoms with Crippen LogP contribution in [0.4, 0.5) is 0 Å². The van der Waals surface area contributed by atoms with E-state index in [1.165, 1.54) is 12.8 Å². The molecule has 1 N–H and O–H groups in total. The minimum absolute atomic E-state index is 0.569. The Kier molecular flexibility index (Phi) is 4.12. The molecule has 0 amide bonds. The molecule has 1 aromatic heterocycles. The van der Waals surface area contributed by atoms with Crippen LogP contribution in [-0.2, 0) is 13.6 Å². The van der Waals surface area contributed by atoms with Gasteiger partial charge in [-0.15, -0.1) is 0 Å². The maximum Gasteiger partial charge on any atom is 0.140 e. The van der Waals surface area contributed by atoms with Gasteiger partial charge in [-0.1, -0.05) is 13.3 Å². The molecule has 0 bridgehead atoms. The first-order valence-electron chi connectivity index (χ1n) is 6.51. The molecular formula is C12H23N5. The number of nitrogens with zero attached hydrogens (tertiary/aromatic N) is 4. The van der Waals surface area contributed by atoms with Crippen LogP contribution in [0.25, 0.3) is 0 Å². The molecule has 0 saturated carbocycles. The lowest BCUT2D eigenvalue weighted by Crippen LogP contribution is -2.55. The summed E-state index contributed by atoms with van der Waals surface area (Å²) < 4.78 is 1.86. The number of piperazine rings is 1. The van der Waals surface area contributed by atoms with Gasteiger partial charge in [-0.05, 0) is 13.3 Å². The minimum atomic E-state index is 0.569. The lowest BCUT2D eigenvalue weighted by Gasteiger charge is -2.38. The molecule has 5 heteroatoms. The quantitative estimate of drug-likeness (QED) is 0.840. The summed E-state index contributed by atoms with van der Waals surface area (Å²) in [5.74, 6) is 1.05. The Labute approximate surface area is 103 Å². The zero-order valence-electron chi connectivity index (χ0n) is 11.1. The van der Waals surface area contributed by atoms with Crippen LogP contribution >= 0.6 is 0 Å². The molecule has 0 spiro atoms. The average molecular weight is 237 g/mol. The average Bonchev–Trinajstić information content (AvgIpc) is 2.70. The third-order valence-electron chi connectivity index (χ3n) is 3.57. The molecular weight excluding hydrogens is 214 g/mol. The molecule has 0 radical (unpaired) electrons. The van der Waals surface area contributed by atoms with E-state index in [4.69, 9.17) is 0 Å². The number of aromatic nitrogens is 3. The molecule has 2 heterocycles. The van der Waals surface area contributed by atoms with Gasteiger partial charge < -0.3 is 5.32 Å². The largest absolute Gasteiger partial charge is 0.311 e. The molecule has 2 rings (SSSR count). The number of aryl methyl sites for hydroxylation is 1. The second kappa shape index (κ2) is 5.60. The number of hydrogen-bond donors (Lipinski definition) is 1. The zero-order valence-corrected chi connectivity index (χ0v) is 11.1. The van der Waals surface area contributed by atoms with Gasteiger partial charge in [-0.2, -0.15) is 5.10 Å². The fraction of sp³-hybridized carbons (Fsp3) is 0.833. The molecule has 17 heavy (non-hydrogen) atoms. The molecule has 2 unspecified atom stereocenters. The fourth-order valence-corrected chi connectivity index (χ4v) is 2.40. The highest BCUT2D eigenvalue weighted by atomic mass is 15.3. The van der Waals surface area contributed by atoms with Crippen LogP contribution in [0, 0.1) is 0 Å². The molecule has 1 aliphatic rings. The summed E-state index contributed by atoms with van der Waals surface area (Å²) in [6.07, 6.45) is 4.12. The van der Waals surface area contributed by atoms with Gasteiger partial charge in [0, 0.05) is 32.2 Å². The molecule has 1 aromatic rings. The molecule has 0 aromatic carbocycles. The van der Waals surface area contributed by atoms with Gasteiger partial charge in [0.05, 0.1) is 6.54 Å². The van der Waals surface area contributed by atoms with Crippen LogP contribution < -0.4 is 5.32 Å². The summed E-state index contributed by atoms with van der Waals surface area (Å²) in [5, 5.41) is 7.74. The van der Waals surface area contributed by atoms with Crippen molar-refractivity contribution in [3.05, 3.63) is 12.2 Å². The first-order valence-corrected chi connectivity index (χ1v) is 6.51. The van der Waals surface area contributed by atoms with Crippen molar-refractivity contribution in [2.75, 3.05) is 13.1 Å². The number of hydrogen-bond acceptors (Lipinski definition) is 4. The van der Waals surface area contributed by atoms with Gasteiger partial charge >= 0.3 is 0 Å². The van der Waals surface area contributed by atoms with E-state index in [1.807, 2.05) is 11.7 Å². The first kappa shape index (κ1) is 12.5. The maximum atomic E-state index is 4.31. The molecule has 5 nitrogen and oxygen atoms in total. The smallest absolute Gasteiger partial charge is 0.140 e. The monoisotopic (exact) mass is 237 g/mol. The number of nitrogens with one attached hydrogen (secondary N) is 1. The minimum Gasteiger partial charge on any atom is -0.311 e. The van der Waals surface area contributed by atoms with E-state index in [1.54, 1.807) is 6.33 Å². The standard InChI is InChI=1S/C12H23N5/c1-4-5-11-7-17(10(2)6-13-11)8-12-14-9-15-16(12)3/h9-11,13H,4-8H2,1-3H3. The summed E-state index contributed by atoms with van der Waals surface area (Å²) in [6, 6.07) is 1.20. The molecule has 2 atom stereocenters. The molecule has 1 aliphatic heterocycles. The highest BCUT2D eigenvalue weighted by Gasteiger charge is 2.25. The van der Waals surface area contributed by atoms with E-state index >= 15 is 0 Å². The predicted molar refractivity (Wildman–Crippen MR) is 67.6 cm³/mol. The SMILES string of the molecule is CCCC1CN(Cc2ncnn2C)C(C)CN1. The Hall–Kier alpha value is -0.940. The van der Waals surface area contributed by atoms with E-state index in [9.17, 15) is 0 Å². The third kappa shape index (κ3) is 3.04. The normalized spacial score (nSPS) is 26.3. The Bertz CT molecular complexity index is 348. The summed E-state index contributed by atoms with van der Waals surface area (Å²) in [6.45, 7) is 7.60. The van der Waals surface area contributed by atoms with Gasteiger partial charge in [0.1, 0.15) is 12.2 Å². The Balaban J connectivity index is 1.96. The van der Waals surface area contributed by atoms with E-state index in [0.29, 0.717) is 12.1 Å². The van der Waals surface area contributed by atoms with Gasteiger partial charge in [0.2, 0.25) is 0 Å². The van der Waals surface area contributed by atoms with Crippen molar-refractivity contribution in [2.45, 2.75) is 45.3 Å². The van der Waals surface area contributed by atoms with Crippen molar-refractivity contribution in [2.24, 2.45) is 7.05 Å².